The van der Waals surface area contributed by atoms with Crippen LogP contribution in [-0.2, 0) is 13.0 Å². The van der Waals surface area contributed by atoms with Crippen molar-refractivity contribution in [2.75, 3.05) is 25.1 Å². The van der Waals surface area contributed by atoms with Crippen molar-refractivity contribution in [3.8, 4) is 0 Å². The van der Waals surface area contributed by atoms with Gasteiger partial charge in [-0.25, -0.2) is 0 Å². The number of unbranched alkanes of at least 4 members (excludes halogenated alkanes) is 1. The number of nitrogens with one attached hydrogen (secondary N) is 1. The summed E-state index contributed by atoms with van der Waals surface area (Å²) in [5.74, 6) is 1.18. The molecule has 2 rings (SSSR count). The monoisotopic (exact) mass is 290 g/mol. The molecular weight excluding hydrogens is 264 g/mol. The van der Waals surface area contributed by atoms with E-state index in [0.717, 1.165) is 19.6 Å². The first-order valence-corrected chi connectivity index (χ1v) is 9.02. The summed E-state index contributed by atoms with van der Waals surface area (Å²) in [6.45, 7) is 5.49. The SMILES string of the molecule is CCNCCCCc1cn(CCSC)c2ccccc12. The topological polar surface area (TPSA) is 17.0 Å². The molecule has 3 heteroatoms. The van der Waals surface area contributed by atoms with Crippen LogP contribution >= 0.6 is 11.8 Å². The Morgan fingerprint density at radius 2 is 2.05 bits per heavy atom. The van der Waals surface area contributed by atoms with E-state index in [-0.39, 0.29) is 0 Å². The van der Waals surface area contributed by atoms with Gasteiger partial charge in [0.05, 0.1) is 0 Å². The number of para-hydroxylation sites is 1. The lowest BCUT2D eigenvalue weighted by atomic mass is 10.1. The number of thioether (sulfide) groups is 1. The summed E-state index contributed by atoms with van der Waals surface area (Å²) in [5.41, 5.74) is 2.90. The molecule has 1 heterocycles. The number of rotatable bonds is 9. The summed E-state index contributed by atoms with van der Waals surface area (Å²) in [7, 11) is 0. The van der Waals surface area contributed by atoms with Crippen LogP contribution in [0.2, 0.25) is 0 Å². The van der Waals surface area contributed by atoms with Crippen LogP contribution in [0.4, 0.5) is 0 Å². The molecule has 0 aliphatic rings. The summed E-state index contributed by atoms with van der Waals surface area (Å²) < 4.78 is 2.42. The molecule has 0 aliphatic heterocycles. The van der Waals surface area contributed by atoms with E-state index in [9.17, 15) is 0 Å². The third kappa shape index (κ3) is 4.03. The summed E-state index contributed by atoms with van der Waals surface area (Å²) in [4.78, 5) is 0. The molecule has 0 saturated carbocycles. The molecule has 0 unspecified atom stereocenters. The minimum atomic E-state index is 1.08. The van der Waals surface area contributed by atoms with Gasteiger partial charge in [-0.2, -0.15) is 11.8 Å². The molecule has 1 aromatic heterocycles. The number of benzene rings is 1. The van der Waals surface area contributed by atoms with E-state index in [2.05, 4.69) is 53.5 Å². The van der Waals surface area contributed by atoms with E-state index in [0.29, 0.717) is 0 Å². The summed E-state index contributed by atoms with van der Waals surface area (Å²) in [6.07, 6.45) is 8.27. The molecule has 1 N–H and O–H groups in total. The second kappa shape index (κ2) is 8.38. The van der Waals surface area contributed by atoms with Crippen LogP contribution in [0.5, 0.6) is 0 Å². The van der Waals surface area contributed by atoms with Crippen molar-refractivity contribution < 1.29 is 0 Å². The molecule has 2 nitrogen and oxygen atoms in total. The van der Waals surface area contributed by atoms with Crippen LogP contribution in [0.15, 0.2) is 30.5 Å². The smallest absolute Gasteiger partial charge is 0.0483 e. The molecule has 0 spiro atoms. The van der Waals surface area contributed by atoms with Gasteiger partial charge in [-0.15, -0.1) is 0 Å². The van der Waals surface area contributed by atoms with Crippen molar-refractivity contribution in [2.45, 2.75) is 32.7 Å². The van der Waals surface area contributed by atoms with Gasteiger partial charge in [-0.3, -0.25) is 0 Å². The number of fused-ring (bicyclic) bond motifs is 1. The highest BCUT2D eigenvalue weighted by Crippen LogP contribution is 2.23. The fourth-order valence-corrected chi connectivity index (χ4v) is 3.02. The van der Waals surface area contributed by atoms with Crippen LogP contribution in [0, 0.1) is 0 Å². The molecular formula is C17H26N2S. The van der Waals surface area contributed by atoms with Crippen LogP contribution in [0.1, 0.15) is 25.3 Å². The normalized spacial score (nSPS) is 11.3. The first kappa shape index (κ1) is 15.5. The van der Waals surface area contributed by atoms with Crippen LogP contribution in [0.3, 0.4) is 0 Å². The largest absolute Gasteiger partial charge is 0.346 e. The van der Waals surface area contributed by atoms with Gasteiger partial charge < -0.3 is 9.88 Å². The van der Waals surface area contributed by atoms with E-state index in [4.69, 9.17) is 0 Å². The van der Waals surface area contributed by atoms with Gasteiger partial charge in [-0.05, 0) is 50.2 Å². The maximum Gasteiger partial charge on any atom is 0.0483 e. The van der Waals surface area contributed by atoms with Crippen molar-refractivity contribution in [1.82, 2.24) is 9.88 Å². The van der Waals surface area contributed by atoms with Gasteiger partial charge in [0.15, 0.2) is 0 Å². The second-order valence-corrected chi connectivity index (χ2v) is 6.15. The number of nitrogens with zero attached hydrogens (tertiary/aromatic N) is 1. The lowest BCUT2D eigenvalue weighted by Gasteiger charge is -2.02. The van der Waals surface area contributed by atoms with E-state index in [1.165, 1.54) is 41.5 Å². The number of aryl methyl sites for hydroxylation is 2. The van der Waals surface area contributed by atoms with E-state index in [1.807, 2.05) is 11.8 Å². The van der Waals surface area contributed by atoms with E-state index in [1.54, 1.807) is 0 Å². The maximum absolute atomic E-state index is 3.40. The second-order valence-electron chi connectivity index (χ2n) is 5.17. The average molecular weight is 290 g/mol. The molecule has 0 atom stereocenters. The number of hydrogen-bond donors (Lipinski definition) is 1. The Balaban J connectivity index is 2.04. The molecule has 0 saturated heterocycles. The van der Waals surface area contributed by atoms with Crippen molar-refractivity contribution >= 4 is 22.7 Å². The predicted octanol–water partition coefficient (Wildman–Crippen LogP) is 3.94. The van der Waals surface area contributed by atoms with Gasteiger partial charge >= 0.3 is 0 Å². The standard InChI is InChI=1S/C17H26N2S/c1-3-18-11-7-6-8-15-14-19(12-13-20-2)17-10-5-4-9-16(15)17/h4-5,9-10,14,18H,3,6-8,11-13H2,1-2H3. The number of hydrogen-bond acceptors (Lipinski definition) is 2. The molecule has 0 aliphatic carbocycles. The minimum absolute atomic E-state index is 1.08. The van der Waals surface area contributed by atoms with E-state index < -0.39 is 0 Å². The third-order valence-corrected chi connectivity index (χ3v) is 4.30. The van der Waals surface area contributed by atoms with Crippen molar-refractivity contribution in [3.63, 3.8) is 0 Å². The summed E-state index contributed by atoms with van der Waals surface area (Å²) in [5, 5.41) is 4.84. The molecule has 110 valence electrons. The number of aromatic nitrogens is 1. The summed E-state index contributed by atoms with van der Waals surface area (Å²) >= 11 is 1.91. The fraction of sp³-hybridized carbons (Fsp3) is 0.529. The van der Waals surface area contributed by atoms with Crippen molar-refractivity contribution in [2.24, 2.45) is 0 Å². The molecule has 0 amide bonds. The van der Waals surface area contributed by atoms with Crippen molar-refractivity contribution in [3.05, 3.63) is 36.0 Å². The Morgan fingerprint density at radius 1 is 1.20 bits per heavy atom. The van der Waals surface area contributed by atoms with Gasteiger partial charge in [0.25, 0.3) is 0 Å². The Bertz CT molecular complexity index is 519. The molecule has 20 heavy (non-hydrogen) atoms. The molecule has 2 aromatic rings. The Morgan fingerprint density at radius 3 is 2.85 bits per heavy atom. The van der Waals surface area contributed by atoms with Crippen molar-refractivity contribution in [1.29, 1.82) is 0 Å². The highest BCUT2D eigenvalue weighted by Gasteiger charge is 2.07. The van der Waals surface area contributed by atoms with Crippen LogP contribution in [0.25, 0.3) is 10.9 Å². The zero-order valence-electron chi connectivity index (χ0n) is 12.7. The lowest BCUT2D eigenvalue weighted by Crippen LogP contribution is -2.13. The Labute approximate surface area is 126 Å². The Hall–Kier alpha value is -0.930. The first-order valence-electron chi connectivity index (χ1n) is 7.63. The third-order valence-electron chi connectivity index (χ3n) is 3.71. The van der Waals surface area contributed by atoms with Crippen LogP contribution in [-0.4, -0.2) is 29.7 Å². The van der Waals surface area contributed by atoms with Gasteiger partial charge in [0, 0.05) is 29.4 Å². The Kier molecular flexibility index (Phi) is 6.48. The van der Waals surface area contributed by atoms with E-state index >= 15 is 0 Å². The zero-order chi connectivity index (χ0) is 14.2. The summed E-state index contributed by atoms with van der Waals surface area (Å²) in [6, 6.07) is 8.82. The highest BCUT2D eigenvalue weighted by atomic mass is 32.2. The molecule has 0 fully saturated rings. The quantitative estimate of drug-likeness (QED) is 0.705. The van der Waals surface area contributed by atoms with Gasteiger partial charge in [-0.1, -0.05) is 25.1 Å². The van der Waals surface area contributed by atoms with Gasteiger partial charge in [0.2, 0.25) is 0 Å². The van der Waals surface area contributed by atoms with Crippen LogP contribution < -0.4 is 5.32 Å². The minimum Gasteiger partial charge on any atom is -0.346 e. The molecule has 1 aromatic carbocycles. The molecule has 0 bridgehead atoms. The first-order chi connectivity index (χ1) is 9.86. The maximum atomic E-state index is 3.40. The molecule has 0 radical (unpaired) electrons. The zero-order valence-corrected chi connectivity index (χ0v) is 13.5. The average Bonchev–Trinajstić information content (AvgIpc) is 2.83. The highest BCUT2D eigenvalue weighted by molar-refractivity contribution is 7.98. The predicted molar refractivity (Wildman–Crippen MR) is 91.8 cm³/mol. The fourth-order valence-electron chi connectivity index (χ4n) is 2.64. The van der Waals surface area contributed by atoms with Gasteiger partial charge in [0.1, 0.15) is 0 Å². The lowest BCUT2D eigenvalue weighted by molar-refractivity contribution is 0.641.